The maximum absolute atomic E-state index is 8.65. The molecule has 0 bridgehead atoms. The van der Waals surface area contributed by atoms with Crippen LogP contribution in [0.2, 0.25) is 0 Å². The first-order valence-corrected chi connectivity index (χ1v) is 6.74. The molecule has 0 aromatic heterocycles. The smallest absolute Gasteiger partial charge is 0.115 e. The maximum Gasteiger partial charge on any atom is 0.115 e. The molecule has 0 aliphatic carbocycles. The number of aromatic hydroxyl groups is 4. The maximum atomic E-state index is 8.65. The number of unbranched alkanes of at least 4 members (excludes halogenated alkanes) is 2. The average molecular weight is 291 g/mol. The predicted octanol–water partition coefficient (Wildman–Crippen LogP) is 4.21. The molecule has 4 N–H and O–H groups in total. The minimum Gasteiger partial charge on any atom is -0.508 e. The first kappa shape index (κ1) is 18.6. The summed E-state index contributed by atoms with van der Waals surface area (Å²) in [5, 5.41) is 34.6. The Hall–Kier alpha value is -2.36. The van der Waals surface area contributed by atoms with E-state index in [-0.39, 0.29) is 23.0 Å². The van der Waals surface area contributed by atoms with Crippen LogP contribution in [0.4, 0.5) is 0 Å². The van der Waals surface area contributed by atoms with E-state index in [1.165, 1.54) is 61.4 Å². The van der Waals surface area contributed by atoms with Crippen LogP contribution in [0, 0.1) is 6.92 Å². The third kappa shape index (κ3) is 11.2. The minimum absolute atomic E-state index is 0.169. The van der Waals surface area contributed by atoms with Gasteiger partial charge in [0.15, 0.2) is 0 Å². The van der Waals surface area contributed by atoms with Gasteiger partial charge in [0.1, 0.15) is 23.0 Å². The molecule has 0 spiro atoms. The van der Waals surface area contributed by atoms with Crippen LogP contribution in [0.15, 0.2) is 48.5 Å². The largest absolute Gasteiger partial charge is 0.508 e. The molecule has 0 aliphatic heterocycles. The van der Waals surface area contributed by atoms with Gasteiger partial charge < -0.3 is 20.4 Å². The molecule has 115 valence electrons. The van der Waals surface area contributed by atoms with E-state index in [9.17, 15) is 0 Å². The lowest BCUT2D eigenvalue weighted by atomic mass is 10.3. The van der Waals surface area contributed by atoms with Gasteiger partial charge in [-0.1, -0.05) is 33.1 Å². The Bertz CT molecular complexity index is 376. The van der Waals surface area contributed by atoms with Crippen molar-refractivity contribution in [2.24, 2.45) is 0 Å². The molecule has 2 aromatic rings. The second-order valence-electron chi connectivity index (χ2n) is 4.24. The number of benzene rings is 2. The molecule has 0 amide bonds. The summed E-state index contributed by atoms with van der Waals surface area (Å²) in [6.07, 6.45) is 3.65. The Morgan fingerprint density at radius 1 is 0.667 bits per heavy atom. The molecule has 0 heterocycles. The van der Waals surface area contributed by atoms with Gasteiger partial charge in [0, 0.05) is 0 Å². The van der Waals surface area contributed by atoms with Gasteiger partial charge in [0.25, 0.3) is 0 Å². The molecule has 4 nitrogen and oxygen atoms in total. The molecule has 0 saturated heterocycles. The average Bonchev–Trinajstić information content (AvgIpc) is 2.48. The lowest BCUT2D eigenvalue weighted by Crippen LogP contribution is -1.61. The van der Waals surface area contributed by atoms with Gasteiger partial charge in [-0.05, 0) is 48.5 Å². The normalized spacial score (nSPS) is 8.86. The van der Waals surface area contributed by atoms with Crippen LogP contribution >= 0.6 is 0 Å². The third-order valence-electron chi connectivity index (χ3n) is 2.30. The van der Waals surface area contributed by atoms with E-state index in [2.05, 4.69) is 13.8 Å². The van der Waals surface area contributed by atoms with E-state index in [0.29, 0.717) is 0 Å². The fourth-order valence-electron chi connectivity index (χ4n) is 1.16. The van der Waals surface area contributed by atoms with E-state index in [0.717, 1.165) is 6.42 Å². The summed E-state index contributed by atoms with van der Waals surface area (Å²) in [6, 6.07) is 11.4. The van der Waals surface area contributed by atoms with E-state index >= 15 is 0 Å². The Balaban J connectivity index is 0.000000296. The van der Waals surface area contributed by atoms with Gasteiger partial charge in [-0.25, -0.2) is 0 Å². The summed E-state index contributed by atoms with van der Waals surface area (Å²) in [4.78, 5) is 0. The molecule has 0 saturated carbocycles. The van der Waals surface area contributed by atoms with Crippen LogP contribution in [0.1, 0.15) is 26.2 Å². The molecule has 1 radical (unpaired) electrons. The van der Waals surface area contributed by atoms with Gasteiger partial charge in [-0.2, -0.15) is 0 Å². The summed E-state index contributed by atoms with van der Waals surface area (Å²) in [5.41, 5.74) is 0. The van der Waals surface area contributed by atoms with Crippen molar-refractivity contribution < 1.29 is 20.4 Å². The molecule has 21 heavy (non-hydrogen) atoms. The first-order chi connectivity index (χ1) is 9.99. The van der Waals surface area contributed by atoms with Crippen LogP contribution in [-0.4, -0.2) is 20.4 Å². The highest BCUT2D eigenvalue weighted by Crippen LogP contribution is 2.13. The number of rotatable bonds is 2. The zero-order chi connectivity index (χ0) is 16.1. The Labute approximate surface area is 126 Å². The lowest BCUT2D eigenvalue weighted by molar-refractivity contribution is 0.460. The van der Waals surface area contributed by atoms with Crippen molar-refractivity contribution in [2.45, 2.75) is 26.2 Å². The zero-order valence-electron chi connectivity index (χ0n) is 12.2. The molecule has 0 fully saturated rings. The third-order valence-corrected chi connectivity index (χ3v) is 2.30. The second kappa shape index (κ2) is 11.5. The fourth-order valence-corrected chi connectivity index (χ4v) is 1.16. The number of phenols is 4. The highest BCUT2D eigenvalue weighted by atomic mass is 16.3. The highest BCUT2D eigenvalue weighted by Gasteiger charge is 1.85. The summed E-state index contributed by atoms with van der Waals surface area (Å²) in [6.45, 7) is 5.85. The van der Waals surface area contributed by atoms with Gasteiger partial charge >= 0.3 is 0 Å². The molecule has 0 atom stereocenters. The fraction of sp³-hybridized carbons (Fsp3) is 0.235. The Morgan fingerprint density at radius 2 is 0.905 bits per heavy atom. The van der Waals surface area contributed by atoms with Crippen molar-refractivity contribution >= 4 is 0 Å². The van der Waals surface area contributed by atoms with Crippen molar-refractivity contribution in [2.75, 3.05) is 0 Å². The van der Waals surface area contributed by atoms with Crippen molar-refractivity contribution in [1.82, 2.24) is 0 Å². The zero-order valence-corrected chi connectivity index (χ0v) is 12.2. The molecule has 0 unspecified atom stereocenters. The van der Waals surface area contributed by atoms with Crippen LogP contribution < -0.4 is 0 Å². The second-order valence-corrected chi connectivity index (χ2v) is 4.24. The van der Waals surface area contributed by atoms with Crippen molar-refractivity contribution in [3.05, 3.63) is 55.5 Å². The molecule has 2 aromatic carbocycles. The predicted molar refractivity (Wildman–Crippen MR) is 84.4 cm³/mol. The van der Waals surface area contributed by atoms with Crippen molar-refractivity contribution in [3.63, 3.8) is 0 Å². The Morgan fingerprint density at radius 3 is 1.00 bits per heavy atom. The standard InChI is InChI=1S/2C6H6O2.C5H11/c2*7-5-1-2-6(8)4-3-5;1-3-5-4-2/h2*1-4,7-8H;1,3-5H2,2H3. The van der Waals surface area contributed by atoms with Crippen molar-refractivity contribution in [1.29, 1.82) is 0 Å². The molecular formula is C17H23O4. The highest BCUT2D eigenvalue weighted by molar-refractivity contribution is 5.29. The van der Waals surface area contributed by atoms with E-state index in [4.69, 9.17) is 20.4 Å². The number of hydrogen-bond acceptors (Lipinski definition) is 4. The SMILES string of the molecule is Oc1ccc(O)cc1.Oc1ccc(O)cc1.[CH2]CCCC. The van der Waals surface area contributed by atoms with Crippen LogP contribution in [0.25, 0.3) is 0 Å². The van der Waals surface area contributed by atoms with Crippen LogP contribution in [-0.2, 0) is 0 Å². The summed E-state index contributed by atoms with van der Waals surface area (Å²) in [5.74, 6) is 0.677. The van der Waals surface area contributed by atoms with Crippen LogP contribution in [0.5, 0.6) is 23.0 Å². The number of hydrogen-bond donors (Lipinski definition) is 4. The van der Waals surface area contributed by atoms with E-state index in [1.54, 1.807) is 0 Å². The van der Waals surface area contributed by atoms with E-state index in [1.807, 2.05) is 0 Å². The van der Waals surface area contributed by atoms with Crippen molar-refractivity contribution in [3.8, 4) is 23.0 Å². The lowest BCUT2D eigenvalue weighted by Gasteiger charge is -1.88. The van der Waals surface area contributed by atoms with Gasteiger partial charge in [-0.3, -0.25) is 0 Å². The van der Waals surface area contributed by atoms with E-state index < -0.39 is 0 Å². The summed E-state index contributed by atoms with van der Waals surface area (Å²) >= 11 is 0. The molecule has 4 heteroatoms. The molecule has 2 rings (SSSR count). The van der Waals surface area contributed by atoms with Gasteiger partial charge in [0.05, 0.1) is 0 Å². The summed E-state index contributed by atoms with van der Waals surface area (Å²) < 4.78 is 0. The molecule has 0 aliphatic rings. The topological polar surface area (TPSA) is 80.9 Å². The quantitative estimate of drug-likeness (QED) is 0.625. The first-order valence-electron chi connectivity index (χ1n) is 6.74. The summed E-state index contributed by atoms with van der Waals surface area (Å²) in [7, 11) is 0. The minimum atomic E-state index is 0.169. The van der Waals surface area contributed by atoms with Crippen LogP contribution in [0.3, 0.4) is 0 Å². The molecular weight excluding hydrogens is 268 g/mol. The monoisotopic (exact) mass is 291 g/mol. The van der Waals surface area contributed by atoms with Gasteiger partial charge in [-0.15, -0.1) is 0 Å². The van der Waals surface area contributed by atoms with Gasteiger partial charge in [0.2, 0.25) is 0 Å². The number of phenolic OH excluding ortho intramolecular Hbond substituents is 4. The Kier molecular flexibility index (Phi) is 10.2.